The maximum absolute atomic E-state index is 13.8. The molecule has 2 aromatic rings. The van der Waals surface area contributed by atoms with Gasteiger partial charge in [0.15, 0.2) is 0 Å². The predicted molar refractivity (Wildman–Crippen MR) is 77.5 cm³/mol. The molecule has 0 heterocycles. The van der Waals surface area contributed by atoms with Crippen molar-refractivity contribution in [2.75, 3.05) is 0 Å². The number of carboxylic acid groups (broad SMARTS) is 1. The lowest BCUT2D eigenvalue weighted by molar-refractivity contribution is -0.288. The normalized spacial score (nSPS) is 12.9. The molecule has 0 spiro atoms. The zero-order valence-electron chi connectivity index (χ0n) is 12.7. The minimum atomic E-state index is -5.69. The van der Waals surface area contributed by atoms with Gasteiger partial charge in [-0.25, -0.2) is 4.79 Å². The van der Waals surface area contributed by atoms with Crippen molar-refractivity contribution in [1.29, 1.82) is 0 Å². The molecular formula is C17H12F6O2. The Labute approximate surface area is 138 Å². The summed E-state index contributed by atoms with van der Waals surface area (Å²) in [5.74, 6) is -1.45. The van der Waals surface area contributed by atoms with Crippen LogP contribution in [-0.2, 0) is 5.41 Å². The van der Waals surface area contributed by atoms with E-state index >= 15 is 0 Å². The number of alkyl halides is 6. The van der Waals surface area contributed by atoms with Crippen LogP contribution < -0.4 is 0 Å². The summed E-state index contributed by atoms with van der Waals surface area (Å²) in [6, 6.07) is 6.41. The van der Waals surface area contributed by atoms with Crippen LogP contribution in [0.2, 0.25) is 0 Å². The van der Waals surface area contributed by atoms with Crippen molar-refractivity contribution in [3.05, 3.63) is 70.8 Å². The quantitative estimate of drug-likeness (QED) is 0.771. The fraction of sp³-hybridized carbons (Fsp3) is 0.235. The Bertz CT molecular complexity index is 744. The Morgan fingerprint density at radius 1 is 0.760 bits per heavy atom. The van der Waals surface area contributed by atoms with Gasteiger partial charge in [-0.3, -0.25) is 0 Å². The second-order valence-corrected chi connectivity index (χ2v) is 5.49. The largest absolute Gasteiger partial charge is 0.478 e. The minimum Gasteiger partial charge on any atom is -0.478 e. The highest BCUT2D eigenvalue weighted by molar-refractivity contribution is 5.87. The Morgan fingerprint density at radius 3 is 1.44 bits per heavy atom. The van der Waals surface area contributed by atoms with Crippen LogP contribution in [0.4, 0.5) is 26.3 Å². The smallest absolute Gasteiger partial charge is 0.411 e. The first-order valence-corrected chi connectivity index (χ1v) is 6.95. The number of carbonyl (C=O) groups is 1. The third kappa shape index (κ3) is 3.08. The number of hydrogen-bond donors (Lipinski definition) is 1. The van der Waals surface area contributed by atoms with Crippen molar-refractivity contribution < 1.29 is 36.2 Å². The molecule has 0 saturated carbocycles. The van der Waals surface area contributed by atoms with Crippen LogP contribution in [0.5, 0.6) is 0 Å². The highest BCUT2D eigenvalue weighted by Gasteiger charge is 2.72. The molecule has 1 N–H and O–H groups in total. The molecule has 0 aliphatic heterocycles. The lowest BCUT2D eigenvalue weighted by Gasteiger charge is -2.38. The Morgan fingerprint density at radius 2 is 1.12 bits per heavy atom. The second-order valence-electron chi connectivity index (χ2n) is 5.49. The van der Waals surface area contributed by atoms with Gasteiger partial charge < -0.3 is 5.11 Å². The molecule has 0 atom stereocenters. The van der Waals surface area contributed by atoms with E-state index in [1.54, 1.807) is 0 Å². The fourth-order valence-electron chi connectivity index (χ4n) is 2.65. The van der Waals surface area contributed by atoms with Crippen LogP contribution in [-0.4, -0.2) is 23.4 Å². The summed E-state index contributed by atoms with van der Waals surface area (Å²) in [6.45, 7) is 1.54. The van der Waals surface area contributed by atoms with Crippen LogP contribution >= 0.6 is 0 Å². The summed E-state index contributed by atoms with van der Waals surface area (Å²) in [7, 11) is 0. The third-order valence-electron chi connectivity index (χ3n) is 3.90. The van der Waals surface area contributed by atoms with Crippen LogP contribution in [0.3, 0.4) is 0 Å². The lowest BCUT2D eigenvalue weighted by atomic mass is 9.72. The van der Waals surface area contributed by atoms with Gasteiger partial charge in [0.05, 0.1) is 5.56 Å². The SMILES string of the molecule is Cc1ccc(C(c2ccc(C(=O)O)cc2)(C(F)(F)F)C(F)(F)F)cc1. The molecule has 2 nitrogen and oxygen atoms in total. The molecule has 0 radical (unpaired) electrons. The molecular weight excluding hydrogens is 350 g/mol. The topological polar surface area (TPSA) is 37.3 Å². The van der Waals surface area contributed by atoms with Gasteiger partial charge in [-0.2, -0.15) is 26.3 Å². The molecule has 2 rings (SSSR count). The number of hydrogen-bond acceptors (Lipinski definition) is 1. The molecule has 8 heteroatoms. The molecule has 0 bridgehead atoms. The number of aryl methyl sites for hydroxylation is 1. The van der Waals surface area contributed by atoms with E-state index in [9.17, 15) is 31.1 Å². The average Bonchev–Trinajstić information content (AvgIpc) is 2.47. The molecule has 0 fully saturated rings. The first kappa shape index (κ1) is 18.8. The van der Waals surface area contributed by atoms with Crippen LogP contribution in [0.15, 0.2) is 48.5 Å². The maximum Gasteiger partial charge on any atom is 0.411 e. The van der Waals surface area contributed by atoms with E-state index in [0.29, 0.717) is 17.7 Å². The summed E-state index contributed by atoms with van der Waals surface area (Å²) in [6.07, 6.45) is -11.4. The van der Waals surface area contributed by atoms with Gasteiger partial charge in [-0.05, 0) is 30.2 Å². The first-order chi connectivity index (χ1) is 11.4. The van der Waals surface area contributed by atoms with E-state index in [2.05, 4.69) is 0 Å². The standard InChI is InChI=1S/C17H12F6O2/c1-10-2-6-12(7-3-10)15(16(18,19)20,17(21,22)23)13-8-4-11(5-9-13)14(24)25/h2-9H,1H3,(H,24,25). The number of aromatic carboxylic acids is 1. The van der Waals surface area contributed by atoms with Crippen molar-refractivity contribution in [3.63, 3.8) is 0 Å². The Balaban J connectivity index is 2.83. The van der Waals surface area contributed by atoms with Gasteiger partial charge in [-0.1, -0.05) is 42.0 Å². The highest BCUT2D eigenvalue weighted by Crippen LogP contribution is 2.56. The summed E-state index contributed by atoms with van der Waals surface area (Å²) < 4.78 is 82.6. The zero-order chi connectivity index (χ0) is 19.0. The minimum absolute atomic E-state index is 0.411. The molecule has 134 valence electrons. The summed E-state index contributed by atoms with van der Waals surface area (Å²) in [5.41, 5.74) is -6.25. The van der Waals surface area contributed by atoms with Crippen molar-refractivity contribution >= 4 is 5.97 Å². The number of halogens is 6. The maximum atomic E-state index is 13.8. The summed E-state index contributed by atoms with van der Waals surface area (Å²) in [4.78, 5) is 10.8. The summed E-state index contributed by atoms with van der Waals surface area (Å²) in [5, 5.41) is 8.80. The molecule has 0 aromatic heterocycles. The van der Waals surface area contributed by atoms with E-state index in [0.717, 1.165) is 36.4 Å². The first-order valence-electron chi connectivity index (χ1n) is 6.95. The summed E-state index contributed by atoms with van der Waals surface area (Å²) >= 11 is 0. The van der Waals surface area contributed by atoms with Gasteiger partial charge in [-0.15, -0.1) is 0 Å². The van der Waals surface area contributed by atoms with Gasteiger partial charge >= 0.3 is 18.3 Å². The average molecular weight is 362 g/mol. The molecule has 2 aromatic carbocycles. The van der Waals surface area contributed by atoms with Crippen LogP contribution in [0.1, 0.15) is 27.0 Å². The number of benzene rings is 2. The van der Waals surface area contributed by atoms with E-state index < -0.39 is 40.4 Å². The van der Waals surface area contributed by atoms with Gasteiger partial charge in [0.2, 0.25) is 5.41 Å². The van der Waals surface area contributed by atoms with Gasteiger partial charge in [0.25, 0.3) is 0 Å². The van der Waals surface area contributed by atoms with Crippen LogP contribution in [0, 0.1) is 6.92 Å². The number of carboxylic acids is 1. The van der Waals surface area contributed by atoms with E-state index in [1.807, 2.05) is 0 Å². The van der Waals surface area contributed by atoms with E-state index in [1.165, 1.54) is 6.92 Å². The predicted octanol–water partition coefficient (Wildman–Crippen LogP) is 5.10. The van der Waals surface area contributed by atoms with Crippen molar-refractivity contribution in [2.45, 2.75) is 24.7 Å². The van der Waals surface area contributed by atoms with Crippen molar-refractivity contribution in [1.82, 2.24) is 0 Å². The van der Waals surface area contributed by atoms with Crippen molar-refractivity contribution in [2.24, 2.45) is 0 Å². The van der Waals surface area contributed by atoms with E-state index in [-0.39, 0.29) is 0 Å². The highest BCUT2D eigenvalue weighted by atomic mass is 19.4. The second kappa shape index (κ2) is 6.09. The van der Waals surface area contributed by atoms with Crippen LogP contribution in [0.25, 0.3) is 0 Å². The molecule has 0 saturated heterocycles. The molecule has 0 aliphatic carbocycles. The van der Waals surface area contributed by atoms with Gasteiger partial charge in [0.1, 0.15) is 0 Å². The van der Waals surface area contributed by atoms with Gasteiger partial charge in [0, 0.05) is 0 Å². The number of rotatable bonds is 3. The fourth-order valence-corrected chi connectivity index (χ4v) is 2.65. The Hall–Kier alpha value is -2.51. The molecule has 0 aliphatic rings. The lowest BCUT2D eigenvalue weighted by Crippen LogP contribution is -2.54. The van der Waals surface area contributed by atoms with Crippen molar-refractivity contribution in [3.8, 4) is 0 Å². The molecule has 0 unspecified atom stereocenters. The Kier molecular flexibility index (Phi) is 4.59. The third-order valence-corrected chi connectivity index (χ3v) is 3.90. The molecule has 0 amide bonds. The molecule has 25 heavy (non-hydrogen) atoms. The van der Waals surface area contributed by atoms with E-state index in [4.69, 9.17) is 5.11 Å². The monoisotopic (exact) mass is 362 g/mol. The zero-order valence-corrected chi connectivity index (χ0v) is 12.7.